The van der Waals surface area contributed by atoms with Gasteiger partial charge in [-0.2, -0.15) is 26.6 Å². The Bertz CT molecular complexity index is 1830. The topological polar surface area (TPSA) is 153 Å². The van der Waals surface area contributed by atoms with Crippen LogP contribution < -0.4 is 25.6 Å². The molecule has 0 aliphatic heterocycles. The molecule has 0 saturated carbocycles. The fourth-order valence-electron chi connectivity index (χ4n) is 4.25. The van der Waals surface area contributed by atoms with Crippen LogP contribution >= 0.6 is 0 Å². The smallest absolute Gasteiger partial charge is 0.422 e. The van der Waals surface area contributed by atoms with Crippen LogP contribution in [0.15, 0.2) is 61.1 Å². The second-order valence-electron chi connectivity index (χ2n) is 9.87. The van der Waals surface area contributed by atoms with E-state index in [0.717, 1.165) is 22.7 Å². The van der Waals surface area contributed by atoms with Gasteiger partial charge in [0.2, 0.25) is 11.8 Å². The minimum Gasteiger partial charge on any atom is -0.466 e. The molecule has 17 heteroatoms. The number of para-hydroxylation sites is 1. The summed E-state index contributed by atoms with van der Waals surface area (Å²) >= 11 is 0. The van der Waals surface area contributed by atoms with Crippen molar-refractivity contribution in [1.82, 2.24) is 24.8 Å². The molecule has 0 radical (unpaired) electrons. The van der Waals surface area contributed by atoms with Gasteiger partial charge in [0.15, 0.2) is 18.2 Å². The first-order valence-electron chi connectivity index (χ1n) is 13.3. The van der Waals surface area contributed by atoms with E-state index >= 15 is 0 Å². The third-order valence-corrected chi connectivity index (χ3v) is 6.73. The highest BCUT2D eigenvalue weighted by Crippen LogP contribution is 2.36. The Labute approximate surface area is 257 Å². The normalized spacial score (nSPS) is 11.7. The number of rotatable bonds is 13. The van der Waals surface area contributed by atoms with E-state index in [2.05, 4.69) is 41.7 Å². The number of carbonyl (C=O) groups excluding carboxylic acids is 1. The predicted octanol–water partition coefficient (Wildman–Crippen LogP) is 3.80. The van der Waals surface area contributed by atoms with Gasteiger partial charge in [0.25, 0.3) is 5.91 Å². The summed E-state index contributed by atoms with van der Waals surface area (Å²) in [6.45, 7) is 2.45. The summed E-state index contributed by atoms with van der Waals surface area (Å²) in [5, 5.41) is 9.18. The first-order chi connectivity index (χ1) is 21.1. The van der Waals surface area contributed by atoms with Crippen LogP contribution in [0.3, 0.4) is 0 Å². The molecule has 3 heterocycles. The van der Waals surface area contributed by atoms with Crippen molar-refractivity contribution in [2.75, 3.05) is 55.6 Å². The lowest BCUT2D eigenvalue weighted by Gasteiger charge is -2.24. The van der Waals surface area contributed by atoms with Crippen molar-refractivity contribution in [3.63, 3.8) is 0 Å². The van der Waals surface area contributed by atoms with Gasteiger partial charge in [0.1, 0.15) is 5.69 Å². The molecule has 0 saturated heterocycles. The highest BCUT2D eigenvalue weighted by Gasteiger charge is 2.30. The van der Waals surface area contributed by atoms with Gasteiger partial charge in [0.05, 0.1) is 17.6 Å². The fourth-order valence-corrected chi connectivity index (χ4v) is 4.69. The average Bonchev–Trinajstić information content (AvgIpc) is 3.30. The number of hydrogen-bond donors (Lipinski definition) is 3. The molecule has 1 aromatic carbocycles. The number of benzene rings is 1. The summed E-state index contributed by atoms with van der Waals surface area (Å²) in [5.74, 6) is -2.22. The number of aromatic nitrogens is 4. The summed E-state index contributed by atoms with van der Waals surface area (Å²) in [4.78, 5) is 27.4. The van der Waals surface area contributed by atoms with Crippen molar-refractivity contribution in [1.29, 1.82) is 0 Å². The van der Waals surface area contributed by atoms with E-state index < -0.39 is 40.4 Å². The van der Waals surface area contributed by atoms with Crippen LogP contribution in [0.1, 0.15) is 0 Å². The first-order valence-corrected chi connectivity index (χ1v) is 15.1. The second kappa shape index (κ2) is 13.4. The highest BCUT2D eigenvalue weighted by molar-refractivity contribution is 7.86. The van der Waals surface area contributed by atoms with Crippen LogP contribution in [0.2, 0.25) is 0 Å². The molecule has 0 unspecified atom stereocenters. The molecule has 0 fully saturated rings. The van der Waals surface area contributed by atoms with Crippen molar-refractivity contribution in [3.05, 3.63) is 61.1 Å². The van der Waals surface area contributed by atoms with Gasteiger partial charge in [-0.1, -0.05) is 18.2 Å². The van der Waals surface area contributed by atoms with Crippen LogP contribution in [0.25, 0.3) is 22.2 Å². The van der Waals surface area contributed by atoms with Crippen molar-refractivity contribution in [3.8, 4) is 17.1 Å². The molecule has 0 aliphatic rings. The van der Waals surface area contributed by atoms with E-state index in [9.17, 15) is 26.4 Å². The maximum Gasteiger partial charge on any atom is 0.422 e. The Morgan fingerprint density at radius 2 is 1.89 bits per heavy atom. The van der Waals surface area contributed by atoms with Gasteiger partial charge in [-0.05, 0) is 31.8 Å². The molecule has 4 aromatic rings. The van der Waals surface area contributed by atoms with Crippen LogP contribution in [0.5, 0.6) is 5.88 Å². The van der Waals surface area contributed by atoms with E-state index in [4.69, 9.17) is 4.74 Å². The zero-order valence-corrected chi connectivity index (χ0v) is 25.6. The molecule has 3 N–H and O–H groups in total. The molecule has 3 aromatic heterocycles. The summed E-state index contributed by atoms with van der Waals surface area (Å²) in [5.41, 5.74) is 2.15. The molecule has 4 rings (SSSR count). The van der Waals surface area contributed by atoms with E-state index in [0.29, 0.717) is 18.8 Å². The lowest BCUT2D eigenvalue weighted by Crippen LogP contribution is -2.29. The number of amides is 1. The molecule has 45 heavy (non-hydrogen) atoms. The van der Waals surface area contributed by atoms with Crippen molar-refractivity contribution in [2.45, 2.75) is 6.18 Å². The quantitative estimate of drug-likeness (QED) is 0.110. The summed E-state index contributed by atoms with van der Waals surface area (Å²) in [6.07, 6.45) is -0.572. The molecule has 0 spiro atoms. The number of fused-ring (bicyclic) bond motifs is 1. The number of ether oxygens (including phenoxy) is 1. The summed E-state index contributed by atoms with van der Waals surface area (Å²) in [7, 11) is 1.12. The molecular weight excluding hydrogens is 617 g/mol. The summed E-state index contributed by atoms with van der Waals surface area (Å²) in [6, 6.07) is 10.6. The van der Waals surface area contributed by atoms with Gasteiger partial charge >= 0.3 is 16.3 Å². The third kappa shape index (κ3) is 8.60. The Kier molecular flexibility index (Phi) is 9.82. The molecular formula is C28H31F3N8O5S. The lowest BCUT2D eigenvalue weighted by atomic mass is 10.1. The van der Waals surface area contributed by atoms with Crippen LogP contribution in [0, 0.1) is 0 Å². The van der Waals surface area contributed by atoms with Crippen molar-refractivity contribution in [2.24, 2.45) is 7.05 Å². The van der Waals surface area contributed by atoms with Crippen LogP contribution in [-0.4, -0.2) is 80.1 Å². The van der Waals surface area contributed by atoms with Crippen molar-refractivity contribution >= 4 is 50.1 Å². The van der Waals surface area contributed by atoms with Gasteiger partial charge in [-0.15, -0.1) is 0 Å². The maximum absolute atomic E-state index is 13.2. The molecule has 1 amide bonds. The molecule has 13 nitrogen and oxygen atoms in total. The van der Waals surface area contributed by atoms with E-state index in [1.165, 1.54) is 12.3 Å². The zero-order valence-electron chi connectivity index (χ0n) is 24.8. The number of anilines is 4. The second-order valence-corrected chi connectivity index (χ2v) is 11.4. The largest absolute Gasteiger partial charge is 0.466 e. The average molecular weight is 649 g/mol. The van der Waals surface area contributed by atoms with Gasteiger partial charge in [-0.25, -0.2) is 9.97 Å². The first kappa shape index (κ1) is 33.0. The zero-order chi connectivity index (χ0) is 32.9. The molecule has 240 valence electrons. The molecule has 0 aliphatic carbocycles. The Hall–Kier alpha value is -4.90. The van der Waals surface area contributed by atoms with Gasteiger partial charge in [-0.3, -0.25) is 4.79 Å². The van der Waals surface area contributed by atoms with Crippen molar-refractivity contribution < 1.29 is 35.3 Å². The number of carbonyl (C=O) groups is 1. The van der Waals surface area contributed by atoms with Crippen LogP contribution in [0.4, 0.5) is 36.3 Å². The Morgan fingerprint density at radius 1 is 1.16 bits per heavy atom. The fraction of sp³-hybridized carbons (Fsp3) is 0.286. The number of nitrogens with one attached hydrogen (secondary N) is 3. The van der Waals surface area contributed by atoms with E-state index in [1.807, 2.05) is 42.1 Å². The van der Waals surface area contributed by atoms with E-state index in [1.54, 1.807) is 25.1 Å². The molecule has 0 atom stereocenters. The highest BCUT2D eigenvalue weighted by atomic mass is 32.2. The summed E-state index contributed by atoms with van der Waals surface area (Å²) < 4.78 is 74.3. The number of alkyl halides is 3. The minimum atomic E-state index is -4.68. The predicted molar refractivity (Wildman–Crippen MR) is 164 cm³/mol. The monoisotopic (exact) mass is 648 g/mol. The maximum atomic E-state index is 13.2. The minimum absolute atomic E-state index is 0.00234. The number of pyridine rings is 1. The van der Waals surface area contributed by atoms with Crippen LogP contribution in [-0.2, 0) is 26.1 Å². The number of aryl methyl sites for hydroxylation is 1. The third-order valence-electron chi connectivity index (χ3n) is 6.23. The Morgan fingerprint density at radius 3 is 2.58 bits per heavy atom. The number of likely N-dealkylation sites (N-methyl/N-ethyl adjacent to an activating group) is 2. The molecule has 0 bridgehead atoms. The number of halogens is 3. The Balaban J connectivity index is 1.78. The standard InChI is InChI=1S/C28H31F3N8O5S/c1-17(44-45(5,41)42)25(40)34-21-14-22(26(43-16-28(29,30)31)37-24(21)38(3)13-12-32-2)36-27-33-11-10-20(35-27)19-15-39(4)23-9-7-6-8-18(19)23/h6-11,14-15,32H,1,12-13,16H2,2-5H3,(H,34,40)(H,33,35,36). The SMILES string of the molecule is C=C(OS(C)(=O)=O)C(=O)Nc1cc(Nc2nccc(-c3cn(C)c4ccccc34)n2)c(OCC(F)(F)F)nc1N(C)CCNC. The van der Waals surface area contributed by atoms with E-state index in [-0.39, 0.29) is 23.1 Å². The number of hydrogen-bond acceptors (Lipinski definition) is 11. The van der Waals surface area contributed by atoms with Gasteiger partial charge < -0.3 is 34.3 Å². The lowest BCUT2D eigenvalue weighted by molar-refractivity contribution is -0.153. The van der Waals surface area contributed by atoms with Gasteiger partial charge in [0, 0.05) is 56.0 Å². The number of nitrogens with zero attached hydrogens (tertiary/aromatic N) is 5.